The molecule has 6 nitrogen and oxygen atoms in total. The maximum atomic E-state index is 13.1. The number of hydrogen-bond donors (Lipinski definition) is 1. The van der Waals surface area contributed by atoms with Gasteiger partial charge in [-0.3, -0.25) is 4.79 Å². The third-order valence-corrected chi connectivity index (χ3v) is 4.81. The number of hydrogen-bond acceptors (Lipinski definition) is 3. The maximum absolute atomic E-state index is 13.1. The second-order valence-corrected chi connectivity index (χ2v) is 6.57. The molecule has 4 rings (SSSR count). The van der Waals surface area contributed by atoms with Gasteiger partial charge < -0.3 is 14.5 Å². The Morgan fingerprint density at radius 3 is 2.52 bits per heavy atom. The van der Waals surface area contributed by atoms with Crippen molar-refractivity contribution >= 4 is 16.9 Å². The topological polar surface area (TPSA) is 64.7 Å². The number of fused-ring (bicyclic) bond motifs is 1. The summed E-state index contributed by atoms with van der Waals surface area (Å²) in [7, 11) is 1.93. The molecule has 0 unspecified atom stereocenters. The first-order chi connectivity index (χ1) is 13.1. The van der Waals surface area contributed by atoms with E-state index in [4.69, 9.17) is 0 Å². The van der Waals surface area contributed by atoms with E-state index < -0.39 is 6.04 Å². The minimum absolute atomic E-state index is 0.0880. The van der Waals surface area contributed by atoms with Gasteiger partial charge >= 0.3 is 0 Å². The van der Waals surface area contributed by atoms with Crippen LogP contribution in [0.25, 0.3) is 11.0 Å². The van der Waals surface area contributed by atoms with Crippen LogP contribution in [0.3, 0.4) is 0 Å². The van der Waals surface area contributed by atoms with Crippen molar-refractivity contribution in [1.82, 2.24) is 24.4 Å². The fourth-order valence-electron chi connectivity index (χ4n) is 3.27. The summed E-state index contributed by atoms with van der Waals surface area (Å²) in [5.74, 6) is 0.701. The summed E-state index contributed by atoms with van der Waals surface area (Å²) < 4.78 is 3.82. The summed E-state index contributed by atoms with van der Waals surface area (Å²) in [4.78, 5) is 21.9. The van der Waals surface area contributed by atoms with Gasteiger partial charge in [-0.25, -0.2) is 9.97 Å². The van der Waals surface area contributed by atoms with Gasteiger partial charge in [0.15, 0.2) is 0 Å². The van der Waals surface area contributed by atoms with E-state index in [2.05, 4.69) is 15.3 Å². The monoisotopic (exact) mass is 359 g/mol. The van der Waals surface area contributed by atoms with Gasteiger partial charge in [0.1, 0.15) is 17.9 Å². The Balaban J connectivity index is 1.65. The second-order valence-electron chi connectivity index (χ2n) is 6.57. The fourth-order valence-corrected chi connectivity index (χ4v) is 3.27. The highest BCUT2D eigenvalue weighted by Crippen LogP contribution is 2.23. The summed E-state index contributed by atoms with van der Waals surface area (Å²) in [5.41, 5.74) is 2.80. The summed E-state index contributed by atoms with van der Waals surface area (Å²) in [6.07, 6.45) is 5.33. The lowest BCUT2D eigenvalue weighted by Crippen LogP contribution is -2.35. The van der Waals surface area contributed by atoms with Crippen molar-refractivity contribution in [2.75, 3.05) is 0 Å². The van der Waals surface area contributed by atoms with Crippen LogP contribution in [0.5, 0.6) is 0 Å². The second kappa shape index (κ2) is 7.07. The Morgan fingerprint density at radius 1 is 1.04 bits per heavy atom. The molecule has 0 fully saturated rings. The first kappa shape index (κ1) is 17.0. The molecule has 1 amide bonds. The highest BCUT2D eigenvalue weighted by Gasteiger charge is 2.24. The van der Waals surface area contributed by atoms with Gasteiger partial charge in [0.05, 0.1) is 17.4 Å². The predicted octanol–water partition coefficient (Wildman–Crippen LogP) is 3.24. The largest absolute Gasteiger partial charge is 0.340 e. The van der Waals surface area contributed by atoms with Crippen molar-refractivity contribution in [3.05, 3.63) is 84.7 Å². The summed E-state index contributed by atoms with van der Waals surface area (Å²) in [5, 5.41) is 3.16. The molecule has 0 radical (unpaired) electrons. The molecule has 2 aromatic carbocycles. The predicted molar refractivity (Wildman–Crippen MR) is 104 cm³/mol. The highest BCUT2D eigenvalue weighted by molar-refractivity contribution is 5.84. The van der Waals surface area contributed by atoms with Crippen LogP contribution in [0.2, 0.25) is 0 Å². The van der Waals surface area contributed by atoms with Crippen molar-refractivity contribution in [3.63, 3.8) is 0 Å². The van der Waals surface area contributed by atoms with Crippen LogP contribution in [-0.2, 0) is 11.8 Å². The average molecular weight is 359 g/mol. The van der Waals surface area contributed by atoms with Gasteiger partial charge in [-0.2, -0.15) is 0 Å². The van der Waals surface area contributed by atoms with Gasteiger partial charge in [0.2, 0.25) is 5.91 Å². The van der Waals surface area contributed by atoms with Crippen LogP contribution in [0, 0.1) is 0 Å². The van der Waals surface area contributed by atoms with Crippen LogP contribution >= 0.6 is 0 Å². The molecule has 1 N–H and O–H groups in total. The molecule has 0 spiro atoms. The zero-order valence-electron chi connectivity index (χ0n) is 15.3. The van der Waals surface area contributed by atoms with E-state index >= 15 is 0 Å². The SMILES string of the molecule is C[C@H](C(=O)N[C@@H](c1ccccc1)c1nccn1C)n1cnc2ccccc21. The van der Waals surface area contributed by atoms with Gasteiger partial charge in [0.25, 0.3) is 0 Å². The third-order valence-electron chi connectivity index (χ3n) is 4.81. The Morgan fingerprint density at radius 2 is 1.78 bits per heavy atom. The molecule has 0 aliphatic rings. The molecule has 0 aliphatic carbocycles. The lowest BCUT2D eigenvalue weighted by Gasteiger charge is -2.22. The van der Waals surface area contributed by atoms with Crippen LogP contribution in [0.4, 0.5) is 0 Å². The normalized spacial score (nSPS) is 13.4. The number of nitrogens with one attached hydrogen (secondary N) is 1. The quantitative estimate of drug-likeness (QED) is 0.595. The van der Waals surface area contributed by atoms with Gasteiger partial charge in [-0.15, -0.1) is 0 Å². The third kappa shape index (κ3) is 3.21. The molecule has 0 saturated carbocycles. The number of rotatable bonds is 5. The molecule has 4 aromatic rings. The zero-order valence-corrected chi connectivity index (χ0v) is 15.3. The first-order valence-electron chi connectivity index (χ1n) is 8.89. The Kier molecular flexibility index (Phi) is 4.46. The average Bonchev–Trinajstić information content (AvgIpc) is 3.32. The van der Waals surface area contributed by atoms with E-state index in [0.717, 1.165) is 22.4 Å². The molecule has 0 bridgehead atoms. The minimum Gasteiger partial charge on any atom is -0.340 e. The first-order valence-corrected chi connectivity index (χ1v) is 8.89. The van der Waals surface area contributed by atoms with Crippen molar-refractivity contribution < 1.29 is 4.79 Å². The van der Waals surface area contributed by atoms with Crippen LogP contribution < -0.4 is 5.32 Å². The Labute approximate surface area is 157 Å². The number of aryl methyl sites for hydroxylation is 1. The molecular formula is C21H21N5O. The summed E-state index contributed by atoms with van der Waals surface area (Å²) in [6, 6.07) is 17.0. The maximum Gasteiger partial charge on any atom is 0.243 e. The van der Waals surface area contributed by atoms with Crippen molar-refractivity contribution in [2.45, 2.75) is 19.0 Å². The standard InChI is InChI=1S/C21H21N5O/c1-15(26-14-23-17-10-6-7-11-18(17)26)21(27)24-19(16-8-4-3-5-9-16)20-22-12-13-25(20)2/h3-15,19H,1-2H3,(H,24,27)/t15-,19+/m1/s1. The van der Waals surface area contributed by atoms with Gasteiger partial charge in [-0.05, 0) is 24.6 Å². The molecule has 2 atom stereocenters. The molecule has 0 saturated heterocycles. The Hall–Kier alpha value is -3.41. The van der Waals surface area contributed by atoms with E-state index in [-0.39, 0.29) is 11.9 Å². The molecule has 0 aliphatic heterocycles. The minimum atomic E-state index is -0.399. The van der Waals surface area contributed by atoms with Crippen molar-refractivity contribution in [3.8, 4) is 0 Å². The lowest BCUT2D eigenvalue weighted by atomic mass is 10.1. The smallest absolute Gasteiger partial charge is 0.243 e. The lowest BCUT2D eigenvalue weighted by molar-refractivity contribution is -0.124. The van der Waals surface area contributed by atoms with E-state index in [1.165, 1.54) is 0 Å². The summed E-state index contributed by atoms with van der Waals surface area (Å²) >= 11 is 0. The van der Waals surface area contributed by atoms with E-state index in [1.54, 1.807) is 12.5 Å². The molecule has 2 heterocycles. The van der Waals surface area contributed by atoms with Gasteiger partial charge in [-0.1, -0.05) is 42.5 Å². The number of imidazole rings is 2. The van der Waals surface area contributed by atoms with Crippen LogP contribution in [0.15, 0.2) is 73.3 Å². The number of aromatic nitrogens is 4. The number of carbonyl (C=O) groups is 1. The highest BCUT2D eigenvalue weighted by atomic mass is 16.2. The Bertz CT molecular complexity index is 1070. The molecular weight excluding hydrogens is 338 g/mol. The van der Waals surface area contributed by atoms with Crippen molar-refractivity contribution in [1.29, 1.82) is 0 Å². The molecule has 136 valence electrons. The number of nitrogens with zero attached hydrogens (tertiary/aromatic N) is 4. The molecule has 6 heteroatoms. The van der Waals surface area contributed by atoms with E-state index in [9.17, 15) is 4.79 Å². The number of benzene rings is 2. The fraction of sp³-hybridized carbons (Fsp3) is 0.190. The zero-order chi connectivity index (χ0) is 18.8. The van der Waals surface area contributed by atoms with E-state index in [1.807, 2.05) is 83.9 Å². The van der Waals surface area contributed by atoms with Gasteiger partial charge in [0, 0.05) is 19.4 Å². The number of carbonyl (C=O) groups excluding carboxylic acids is 1. The number of para-hydroxylation sites is 2. The van der Waals surface area contributed by atoms with Crippen LogP contribution in [-0.4, -0.2) is 25.0 Å². The van der Waals surface area contributed by atoms with Crippen molar-refractivity contribution in [2.24, 2.45) is 7.05 Å². The molecule has 27 heavy (non-hydrogen) atoms. The number of amides is 1. The molecule has 2 aromatic heterocycles. The summed E-state index contributed by atoms with van der Waals surface area (Å²) in [6.45, 7) is 1.88. The van der Waals surface area contributed by atoms with E-state index in [0.29, 0.717) is 0 Å². The van der Waals surface area contributed by atoms with Crippen LogP contribution in [0.1, 0.15) is 30.4 Å².